The maximum atomic E-state index is 11.1. The minimum Gasteiger partial charge on any atom is -0.481 e. The van der Waals surface area contributed by atoms with Crippen molar-refractivity contribution in [2.75, 3.05) is 19.7 Å². The number of nitrogens with zero attached hydrogens (tertiary/aromatic N) is 1. The molecule has 1 heterocycles. The Labute approximate surface area is 135 Å². The number of benzene rings is 2. The average molecular weight is 313 g/mol. The third kappa shape index (κ3) is 3.68. The van der Waals surface area contributed by atoms with E-state index in [1.54, 1.807) is 12.1 Å². The summed E-state index contributed by atoms with van der Waals surface area (Å²) in [5.74, 6) is 0.367. The van der Waals surface area contributed by atoms with Crippen molar-refractivity contribution in [3.05, 3.63) is 69.3 Å². The van der Waals surface area contributed by atoms with Crippen LogP contribution in [0.15, 0.2) is 42.5 Å². The van der Waals surface area contributed by atoms with Gasteiger partial charge in [-0.3, -0.25) is 10.1 Å². The van der Waals surface area contributed by atoms with E-state index in [9.17, 15) is 10.1 Å². The molecule has 0 spiro atoms. The SMILES string of the molecule is Cc1ccc([N+](=O)[O-])c(OCC[NH+]2CCc3ccccc3C2)c1. The zero-order valence-corrected chi connectivity index (χ0v) is 13.2. The summed E-state index contributed by atoms with van der Waals surface area (Å²) in [5.41, 5.74) is 3.83. The summed E-state index contributed by atoms with van der Waals surface area (Å²) in [6.07, 6.45) is 1.08. The van der Waals surface area contributed by atoms with Gasteiger partial charge in [0.1, 0.15) is 19.7 Å². The van der Waals surface area contributed by atoms with Gasteiger partial charge in [0.25, 0.3) is 0 Å². The number of quaternary nitrogens is 1. The fourth-order valence-electron chi connectivity index (χ4n) is 3.05. The molecule has 1 aliphatic rings. The highest BCUT2D eigenvalue weighted by Crippen LogP contribution is 2.27. The number of nitrogens with one attached hydrogen (secondary N) is 1. The lowest BCUT2D eigenvalue weighted by atomic mass is 10.0. The zero-order valence-electron chi connectivity index (χ0n) is 13.2. The van der Waals surface area contributed by atoms with Gasteiger partial charge in [-0.15, -0.1) is 0 Å². The van der Waals surface area contributed by atoms with E-state index in [-0.39, 0.29) is 5.69 Å². The molecule has 2 aromatic rings. The van der Waals surface area contributed by atoms with Crippen molar-refractivity contribution in [1.29, 1.82) is 0 Å². The predicted octanol–water partition coefficient (Wildman–Crippen LogP) is 1.92. The molecule has 5 heteroatoms. The number of nitro groups is 1. The minimum absolute atomic E-state index is 0.0367. The van der Waals surface area contributed by atoms with Crippen LogP contribution in [0.3, 0.4) is 0 Å². The highest BCUT2D eigenvalue weighted by molar-refractivity contribution is 5.48. The molecule has 3 rings (SSSR count). The van der Waals surface area contributed by atoms with Crippen molar-refractivity contribution in [3.63, 3.8) is 0 Å². The van der Waals surface area contributed by atoms with Gasteiger partial charge in [0, 0.05) is 18.1 Å². The van der Waals surface area contributed by atoms with Gasteiger partial charge >= 0.3 is 5.69 Å². The first-order valence-electron chi connectivity index (χ1n) is 7.91. The van der Waals surface area contributed by atoms with E-state index in [1.807, 2.05) is 6.92 Å². The first-order valence-corrected chi connectivity index (χ1v) is 7.91. The molecule has 0 bridgehead atoms. The molecule has 1 unspecified atom stereocenters. The third-order valence-corrected chi connectivity index (χ3v) is 4.33. The van der Waals surface area contributed by atoms with Gasteiger partial charge in [0.2, 0.25) is 0 Å². The van der Waals surface area contributed by atoms with E-state index in [4.69, 9.17) is 4.74 Å². The summed E-state index contributed by atoms with van der Waals surface area (Å²) >= 11 is 0. The second-order valence-electron chi connectivity index (χ2n) is 6.02. The second-order valence-corrected chi connectivity index (χ2v) is 6.02. The molecule has 1 aliphatic heterocycles. The standard InChI is InChI=1S/C18H20N2O3/c1-14-6-7-17(20(21)22)18(12-14)23-11-10-19-9-8-15-4-2-3-5-16(15)13-19/h2-7,12H,8-11,13H2,1H3/p+1. The largest absolute Gasteiger partial charge is 0.481 e. The molecule has 0 amide bonds. The van der Waals surface area contributed by atoms with Gasteiger partial charge in [-0.2, -0.15) is 0 Å². The van der Waals surface area contributed by atoms with E-state index in [1.165, 1.54) is 22.1 Å². The molecule has 0 fully saturated rings. The van der Waals surface area contributed by atoms with Crippen LogP contribution in [0.2, 0.25) is 0 Å². The molecule has 23 heavy (non-hydrogen) atoms. The van der Waals surface area contributed by atoms with E-state index in [0.29, 0.717) is 12.4 Å². The van der Waals surface area contributed by atoms with Crippen molar-refractivity contribution in [2.45, 2.75) is 19.9 Å². The maximum Gasteiger partial charge on any atom is 0.310 e. The van der Waals surface area contributed by atoms with E-state index in [2.05, 4.69) is 24.3 Å². The lowest BCUT2D eigenvalue weighted by Gasteiger charge is -2.25. The van der Waals surface area contributed by atoms with Crippen LogP contribution in [0.25, 0.3) is 0 Å². The van der Waals surface area contributed by atoms with Gasteiger partial charge in [-0.1, -0.05) is 30.3 Å². The monoisotopic (exact) mass is 313 g/mol. The van der Waals surface area contributed by atoms with E-state index >= 15 is 0 Å². The number of hydrogen-bond donors (Lipinski definition) is 1. The lowest BCUT2D eigenvalue weighted by molar-refractivity contribution is -0.915. The summed E-state index contributed by atoms with van der Waals surface area (Å²) in [6, 6.07) is 13.5. The molecule has 0 saturated heterocycles. The molecule has 1 N–H and O–H groups in total. The first kappa shape index (κ1) is 15.5. The lowest BCUT2D eigenvalue weighted by Crippen LogP contribution is -3.12. The average Bonchev–Trinajstić information content (AvgIpc) is 2.54. The molecule has 1 atom stereocenters. The first-order chi connectivity index (χ1) is 11.1. The topological polar surface area (TPSA) is 56.8 Å². The Morgan fingerprint density at radius 1 is 1.22 bits per heavy atom. The molecule has 5 nitrogen and oxygen atoms in total. The molecular formula is C18H21N2O3+. The van der Waals surface area contributed by atoms with Crippen molar-refractivity contribution < 1.29 is 14.6 Å². The number of rotatable bonds is 5. The van der Waals surface area contributed by atoms with Crippen LogP contribution < -0.4 is 9.64 Å². The normalized spacial score (nSPS) is 16.7. The summed E-state index contributed by atoms with van der Waals surface area (Å²) < 4.78 is 5.71. The van der Waals surface area contributed by atoms with Crippen LogP contribution >= 0.6 is 0 Å². The van der Waals surface area contributed by atoms with E-state index < -0.39 is 4.92 Å². The van der Waals surface area contributed by atoms with Gasteiger partial charge < -0.3 is 9.64 Å². The van der Waals surface area contributed by atoms with Crippen LogP contribution in [0, 0.1) is 17.0 Å². The summed E-state index contributed by atoms with van der Waals surface area (Å²) in [7, 11) is 0. The molecule has 0 aliphatic carbocycles. The van der Waals surface area contributed by atoms with Crippen LogP contribution in [0.1, 0.15) is 16.7 Å². The van der Waals surface area contributed by atoms with Gasteiger partial charge in [-0.25, -0.2) is 0 Å². The zero-order chi connectivity index (χ0) is 16.2. The van der Waals surface area contributed by atoms with Crippen molar-refractivity contribution >= 4 is 5.69 Å². The Hall–Kier alpha value is -2.40. The maximum absolute atomic E-state index is 11.1. The predicted molar refractivity (Wildman–Crippen MR) is 87.9 cm³/mol. The van der Waals surface area contributed by atoms with Gasteiger partial charge in [0.05, 0.1) is 11.5 Å². The molecule has 120 valence electrons. The number of nitro benzene ring substituents is 1. The summed E-state index contributed by atoms with van der Waals surface area (Å²) in [6.45, 7) is 5.32. The Balaban J connectivity index is 1.59. The summed E-state index contributed by atoms with van der Waals surface area (Å²) in [5, 5.41) is 11.1. The Morgan fingerprint density at radius 2 is 2.00 bits per heavy atom. The van der Waals surface area contributed by atoms with E-state index in [0.717, 1.165) is 31.6 Å². The fraction of sp³-hybridized carbons (Fsp3) is 0.333. The van der Waals surface area contributed by atoms with Gasteiger partial charge in [-0.05, 0) is 24.1 Å². The highest BCUT2D eigenvalue weighted by atomic mass is 16.6. The quantitative estimate of drug-likeness (QED) is 0.678. The number of hydrogen-bond acceptors (Lipinski definition) is 3. The Bertz CT molecular complexity index is 715. The Kier molecular flexibility index (Phi) is 4.57. The van der Waals surface area contributed by atoms with Crippen molar-refractivity contribution in [1.82, 2.24) is 0 Å². The Morgan fingerprint density at radius 3 is 2.78 bits per heavy atom. The number of aryl methyl sites for hydroxylation is 1. The van der Waals surface area contributed by atoms with Crippen LogP contribution in [-0.4, -0.2) is 24.6 Å². The molecule has 0 aromatic heterocycles. The molecule has 0 saturated carbocycles. The molecule has 2 aromatic carbocycles. The van der Waals surface area contributed by atoms with Crippen LogP contribution in [0.4, 0.5) is 5.69 Å². The van der Waals surface area contributed by atoms with Crippen molar-refractivity contribution in [3.8, 4) is 5.75 Å². The highest BCUT2D eigenvalue weighted by Gasteiger charge is 2.20. The van der Waals surface area contributed by atoms with Gasteiger partial charge in [0.15, 0.2) is 5.75 Å². The third-order valence-electron chi connectivity index (χ3n) is 4.33. The fourth-order valence-corrected chi connectivity index (χ4v) is 3.05. The molecular weight excluding hydrogens is 292 g/mol. The summed E-state index contributed by atoms with van der Waals surface area (Å²) in [4.78, 5) is 12.1. The molecule has 0 radical (unpaired) electrons. The minimum atomic E-state index is -0.390. The smallest absolute Gasteiger partial charge is 0.310 e. The van der Waals surface area contributed by atoms with Crippen molar-refractivity contribution in [2.24, 2.45) is 0 Å². The second kappa shape index (κ2) is 6.79. The number of fused-ring (bicyclic) bond motifs is 1. The van der Waals surface area contributed by atoms with Crippen LogP contribution in [0.5, 0.6) is 5.75 Å². The van der Waals surface area contributed by atoms with Crippen LogP contribution in [-0.2, 0) is 13.0 Å². The number of ether oxygens (including phenoxy) is 1.